The molecule has 0 aromatic heterocycles. The van der Waals surface area contributed by atoms with Gasteiger partial charge in [0.15, 0.2) is 0 Å². The molecule has 0 heterocycles. The first-order chi connectivity index (χ1) is 5.83. The molecule has 1 N–H and O–H groups in total. The van der Waals surface area contributed by atoms with Gasteiger partial charge in [-0.05, 0) is 12.5 Å². The molecule has 0 radical (unpaired) electrons. The zero-order chi connectivity index (χ0) is 8.81. The van der Waals surface area contributed by atoms with Gasteiger partial charge in [-0.2, -0.15) is 11.8 Å². The van der Waals surface area contributed by atoms with Crippen LogP contribution in [0.3, 0.4) is 0 Å². The van der Waals surface area contributed by atoms with E-state index in [-0.39, 0.29) is 27.7 Å². The normalized spacial score (nSPS) is 9.38. The first kappa shape index (κ1) is 13.2. The molecule has 0 aliphatic rings. The molecule has 13 heavy (non-hydrogen) atoms. The smallest absolute Gasteiger partial charge is 0.0521 e. The molecule has 0 spiro atoms. The van der Waals surface area contributed by atoms with Crippen LogP contribution in [-0.2, 0) is 26.8 Å². The molecule has 0 fully saturated rings. The van der Waals surface area contributed by atoms with Gasteiger partial charge in [0.05, 0.1) is 6.61 Å². The standard InChI is InChI=1S/C10H14OS.W/c1-9-2-4-10(5-3-9)8-12-7-6-11;/h2-5,11H,6-8H2,1H3;. The van der Waals surface area contributed by atoms with Crippen LogP contribution < -0.4 is 0 Å². The third-order valence-electron chi connectivity index (χ3n) is 1.62. The molecule has 0 saturated carbocycles. The van der Waals surface area contributed by atoms with E-state index in [0.29, 0.717) is 0 Å². The van der Waals surface area contributed by atoms with E-state index in [2.05, 4.69) is 31.2 Å². The molecule has 0 unspecified atom stereocenters. The Kier molecular flexibility index (Phi) is 7.73. The third-order valence-corrected chi connectivity index (χ3v) is 2.63. The van der Waals surface area contributed by atoms with Crippen LogP contribution in [-0.4, -0.2) is 17.5 Å². The zero-order valence-corrected chi connectivity index (χ0v) is 11.4. The number of rotatable bonds is 4. The van der Waals surface area contributed by atoms with Crippen LogP contribution in [0.25, 0.3) is 0 Å². The monoisotopic (exact) mass is 366 g/mol. The first-order valence-corrected chi connectivity index (χ1v) is 5.22. The van der Waals surface area contributed by atoms with Gasteiger partial charge in [-0.1, -0.05) is 29.8 Å². The number of hydrogen-bond acceptors (Lipinski definition) is 2. The van der Waals surface area contributed by atoms with Crippen LogP contribution in [0.5, 0.6) is 0 Å². The average Bonchev–Trinajstić information content (AvgIpc) is 2.09. The van der Waals surface area contributed by atoms with E-state index in [1.54, 1.807) is 11.8 Å². The van der Waals surface area contributed by atoms with Crippen LogP contribution in [0.4, 0.5) is 0 Å². The van der Waals surface area contributed by atoms with Gasteiger partial charge in [-0.25, -0.2) is 0 Å². The van der Waals surface area contributed by atoms with Crippen molar-refractivity contribution in [2.75, 3.05) is 12.4 Å². The maximum atomic E-state index is 8.57. The molecule has 1 rings (SSSR count). The van der Waals surface area contributed by atoms with Crippen molar-refractivity contribution in [3.05, 3.63) is 35.4 Å². The minimum atomic E-state index is 0. The molecular formula is C10H14OSW. The SMILES string of the molecule is Cc1ccc(CSCCO)cc1.[W]. The number of thioether (sulfide) groups is 1. The van der Waals surface area contributed by atoms with E-state index in [0.717, 1.165) is 11.5 Å². The fraction of sp³-hybridized carbons (Fsp3) is 0.400. The minimum absolute atomic E-state index is 0. The Labute approximate surface area is 98.2 Å². The summed E-state index contributed by atoms with van der Waals surface area (Å²) >= 11 is 1.76. The predicted molar refractivity (Wildman–Crippen MR) is 54.4 cm³/mol. The molecule has 3 heteroatoms. The van der Waals surface area contributed by atoms with Crippen molar-refractivity contribution in [1.29, 1.82) is 0 Å². The molecule has 0 aliphatic carbocycles. The summed E-state index contributed by atoms with van der Waals surface area (Å²) in [4.78, 5) is 0. The summed E-state index contributed by atoms with van der Waals surface area (Å²) in [6.07, 6.45) is 0. The van der Waals surface area contributed by atoms with Crippen LogP contribution in [0, 0.1) is 6.92 Å². The summed E-state index contributed by atoms with van der Waals surface area (Å²) in [6.45, 7) is 2.36. The maximum Gasteiger partial charge on any atom is 0.0521 e. The second-order valence-electron chi connectivity index (χ2n) is 2.76. The van der Waals surface area contributed by atoms with Gasteiger partial charge in [0.25, 0.3) is 0 Å². The van der Waals surface area contributed by atoms with E-state index in [1.807, 2.05) is 0 Å². The first-order valence-electron chi connectivity index (χ1n) is 4.07. The maximum absolute atomic E-state index is 8.57. The zero-order valence-electron chi connectivity index (χ0n) is 7.69. The number of hydrogen-bond donors (Lipinski definition) is 1. The Bertz CT molecular complexity index is 223. The topological polar surface area (TPSA) is 20.2 Å². The molecule has 1 aromatic carbocycles. The summed E-state index contributed by atoms with van der Waals surface area (Å²) in [5, 5.41) is 8.57. The van der Waals surface area contributed by atoms with Gasteiger partial charge >= 0.3 is 0 Å². The fourth-order valence-corrected chi connectivity index (χ4v) is 1.64. The predicted octanol–water partition coefficient (Wildman–Crippen LogP) is 2.22. The van der Waals surface area contributed by atoms with Gasteiger partial charge in [-0.15, -0.1) is 0 Å². The Morgan fingerprint density at radius 3 is 2.38 bits per heavy atom. The molecule has 0 aliphatic heterocycles. The van der Waals surface area contributed by atoms with Gasteiger partial charge in [-0.3, -0.25) is 0 Å². The number of aliphatic hydroxyl groups excluding tert-OH is 1. The van der Waals surface area contributed by atoms with E-state index in [4.69, 9.17) is 5.11 Å². The minimum Gasteiger partial charge on any atom is -0.396 e. The second kappa shape index (κ2) is 7.61. The van der Waals surface area contributed by atoms with Crippen molar-refractivity contribution < 1.29 is 26.2 Å². The molecule has 1 aromatic rings. The molecule has 0 amide bonds. The Morgan fingerprint density at radius 2 is 1.85 bits per heavy atom. The van der Waals surface area contributed by atoms with E-state index >= 15 is 0 Å². The Morgan fingerprint density at radius 1 is 1.23 bits per heavy atom. The Balaban J connectivity index is 0.00000144. The average molecular weight is 366 g/mol. The fourth-order valence-electron chi connectivity index (χ4n) is 0.939. The van der Waals surface area contributed by atoms with Crippen molar-refractivity contribution in [2.45, 2.75) is 12.7 Å². The van der Waals surface area contributed by atoms with Gasteiger partial charge in [0, 0.05) is 32.6 Å². The number of aliphatic hydroxyl groups is 1. The summed E-state index contributed by atoms with van der Waals surface area (Å²) < 4.78 is 0. The molecule has 0 atom stereocenters. The van der Waals surface area contributed by atoms with E-state index < -0.39 is 0 Å². The Hall–Kier alpha value is 0.218. The van der Waals surface area contributed by atoms with Crippen molar-refractivity contribution >= 4 is 11.8 Å². The van der Waals surface area contributed by atoms with Crippen LogP contribution in [0.1, 0.15) is 11.1 Å². The molecule has 0 bridgehead atoms. The molecule has 1 nitrogen and oxygen atoms in total. The quantitative estimate of drug-likeness (QED) is 0.825. The van der Waals surface area contributed by atoms with Crippen molar-refractivity contribution in [1.82, 2.24) is 0 Å². The van der Waals surface area contributed by atoms with E-state index in [1.165, 1.54) is 11.1 Å². The number of aryl methyl sites for hydroxylation is 1. The largest absolute Gasteiger partial charge is 0.396 e. The van der Waals surface area contributed by atoms with Crippen molar-refractivity contribution in [2.24, 2.45) is 0 Å². The number of benzene rings is 1. The van der Waals surface area contributed by atoms with Crippen LogP contribution >= 0.6 is 11.8 Å². The van der Waals surface area contributed by atoms with Gasteiger partial charge in [0.2, 0.25) is 0 Å². The molecular weight excluding hydrogens is 352 g/mol. The summed E-state index contributed by atoms with van der Waals surface area (Å²) in [7, 11) is 0. The van der Waals surface area contributed by atoms with Crippen LogP contribution in [0.15, 0.2) is 24.3 Å². The molecule has 0 saturated heterocycles. The van der Waals surface area contributed by atoms with Crippen molar-refractivity contribution in [3.8, 4) is 0 Å². The van der Waals surface area contributed by atoms with Crippen molar-refractivity contribution in [3.63, 3.8) is 0 Å². The van der Waals surface area contributed by atoms with E-state index in [9.17, 15) is 0 Å². The summed E-state index contributed by atoms with van der Waals surface area (Å²) in [5.41, 5.74) is 2.63. The second-order valence-corrected chi connectivity index (χ2v) is 3.87. The summed E-state index contributed by atoms with van der Waals surface area (Å²) in [6, 6.07) is 8.52. The third kappa shape index (κ3) is 5.51. The summed E-state index contributed by atoms with van der Waals surface area (Å²) in [5.74, 6) is 1.83. The molecule has 72 valence electrons. The van der Waals surface area contributed by atoms with Gasteiger partial charge in [0.1, 0.15) is 0 Å². The van der Waals surface area contributed by atoms with Gasteiger partial charge < -0.3 is 5.11 Å². The van der Waals surface area contributed by atoms with Crippen LogP contribution in [0.2, 0.25) is 0 Å².